The first-order chi connectivity index (χ1) is 15.3. The first-order valence-corrected chi connectivity index (χ1v) is 11.9. The summed E-state index contributed by atoms with van der Waals surface area (Å²) in [6.07, 6.45) is 1.95. The van der Waals surface area contributed by atoms with Crippen molar-refractivity contribution in [3.05, 3.63) is 50.7 Å². The molecule has 1 saturated heterocycles. The molecular formula is C23H26ClN3O4S. The van der Waals surface area contributed by atoms with Crippen molar-refractivity contribution in [2.75, 3.05) is 31.6 Å². The first kappa shape index (κ1) is 22.8. The number of carbonyl (C=O) groups is 3. The van der Waals surface area contributed by atoms with Crippen LogP contribution in [0.2, 0.25) is 4.34 Å². The Bertz CT molecular complexity index is 1040. The Kier molecular flexibility index (Phi) is 6.83. The zero-order valence-electron chi connectivity index (χ0n) is 17.8. The SMILES string of the molecule is CN1CCc2ccc(N3CC(NC(=O)c4ccc(Cl)s4)[C@@H](CCC(=O)O)C3=O)cc2CC1. The number of likely N-dealkylation sites (N-methyl/N-ethyl adjacent to an activating group) is 1. The molecule has 1 aromatic heterocycles. The average Bonchev–Trinajstić information content (AvgIpc) is 3.26. The Hall–Kier alpha value is -2.42. The number of benzene rings is 1. The van der Waals surface area contributed by atoms with Crippen LogP contribution in [-0.2, 0) is 22.4 Å². The zero-order chi connectivity index (χ0) is 22.8. The lowest BCUT2D eigenvalue weighted by atomic mass is 9.97. The maximum absolute atomic E-state index is 13.3. The van der Waals surface area contributed by atoms with E-state index in [2.05, 4.69) is 29.4 Å². The molecule has 7 nitrogen and oxygen atoms in total. The summed E-state index contributed by atoms with van der Waals surface area (Å²) in [7, 11) is 2.11. The molecule has 2 aliphatic heterocycles. The summed E-state index contributed by atoms with van der Waals surface area (Å²) in [5.41, 5.74) is 3.34. The van der Waals surface area contributed by atoms with Crippen LogP contribution in [0.1, 0.15) is 33.6 Å². The lowest BCUT2D eigenvalue weighted by Crippen LogP contribution is -2.40. The summed E-state index contributed by atoms with van der Waals surface area (Å²) in [6, 6.07) is 8.95. The van der Waals surface area contributed by atoms with Gasteiger partial charge in [-0.1, -0.05) is 17.7 Å². The van der Waals surface area contributed by atoms with Crippen molar-refractivity contribution in [1.29, 1.82) is 0 Å². The minimum Gasteiger partial charge on any atom is -0.481 e. The second-order valence-electron chi connectivity index (χ2n) is 8.43. The molecule has 1 fully saturated rings. The molecule has 0 bridgehead atoms. The number of halogens is 1. The quantitative estimate of drug-likeness (QED) is 0.670. The Morgan fingerprint density at radius 1 is 1.19 bits per heavy atom. The van der Waals surface area contributed by atoms with Crippen molar-refractivity contribution < 1.29 is 19.5 Å². The normalized spacial score (nSPS) is 21.3. The smallest absolute Gasteiger partial charge is 0.303 e. The van der Waals surface area contributed by atoms with Crippen molar-refractivity contribution in [3.8, 4) is 0 Å². The maximum atomic E-state index is 13.3. The van der Waals surface area contributed by atoms with E-state index in [0.29, 0.717) is 15.8 Å². The van der Waals surface area contributed by atoms with E-state index in [1.165, 1.54) is 22.5 Å². The molecule has 0 radical (unpaired) electrons. The second-order valence-corrected chi connectivity index (χ2v) is 10.1. The Balaban J connectivity index is 1.56. The van der Waals surface area contributed by atoms with Gasteiger partial charge in [0.05, 0.1) is 21.2 Å². The van der Waals surface area contributed by atoms with Gasteiger partial charge in [0.1, 0.15) is 0 Å². The van der Waals surface area contributed by atoms with Crippen molar-refractivity contribution in [2.45, 2.75) is 31.7 Å². The van der Waals surface area contributed by atoms with Gasteiger partial charge in [0, 0.05) is 31.7 Å². The molecule has 1 aromatic carbocycles. The van der Waals surface area contributed by atoms with Gasteiger partial charge in [0.15, 0.2) is 0 Å². The number of carbonyl (C=O) groups excluding carboxylic acids is 2. The van der Waals surface area contributed by atoms with Crippen LogP contribution in [0, 0.1) is 5.92 Å². The predicted molar refractivity (Wildman–Crippen MR) is 125 cm³/mol. The van der Waals surface area contributed by atoms with Crippen LogP contribution in [-0.4, -0.2) is 60.5 Å². The Labute approximate surface area is 196 Å². The first-order valence-electron chi connectivity index (χ1n) is 10.7. The van der Waals surface area contributed by atoms with Gasteiger partial charge in [0.2, 0.25) is 5.91 Å². The number of carboxylic acid groups (broad SMARTS) is 1. The molecule has 2 N–H and O–H groups in total. The molecule has 0 aliphatic carbocycles. The van der Waals surface area contributed by atoms with Crippen LogP contribution in [0.4, 0.5) is 5.69 Å². The number of hydrogen-bond acceptors (Lipinski definition) is 5. The van der Waals surface area contributed by atoms with Crippen molar-refractivity contribution >= 4 is 46.4 Å². The van der Waals surface area contributed by atoms with Crippen LogP contribution >= 0.6 is 22.9 Å². The maximum Gasteiger partial charge on any atom is 0.303 e. The zero-order valence-corrected chi connectivity index (χ0v) is 19.4. The fraction of sp³-hybridized carbons (Fsp3) is 0.435. The van der Waals surface area contributed by atoms with E-state index in [4.69, 9.17) is 16.7 Å². The number of anilines is 1. The molecule has 3 heterocycles. The molecule has 2 aromatic rings. The van der Waals surface area contributed by atoms with E-state index in [1.807, 2.05) is 6.07 Å². The van der Waals surface area contributed by atoms with Crippen LogP contribution in [0.15, 0.2) is 30.3 Å². The minimum atomic E-state index is -0.958. The van der Waals surface area contributed by atoms with Gasteiger partial charge in [-0.2, -0.15) is 0 Å². The van der Waals surface area contributed by atoms with Crippen LogP contribution in [0.5, 0.6) is 0 Å². The summed E-state index contributed by atoms with van der Waals surface area (Å²) in [4.78, 5) is 41.6. The lowest BCUT2D eigenvalue weighted by molar-refractivity contribution is -0.137. The number of nitrogens with one attached hydrogen (secondary N) is 1. The van der Waals surface area contributed by atoms with E-state index in [9.17, 15) is 14.4 Å². The van der Waals surface area contributed by atoms with Crippen LogP contribution in [0.3, 0.4) is 0 Å². The van der Waals surface area contributed by atoms with Gasteiger partial charge in [-0.15, -0.1) is 11.3 Å². The third-order valence-electron chi connectivity index (χ3n) is 6.26. The fourth-order valence-corrected chi connectivity index (χ4v) is 5.38. The molecule has 32 heavy (non-hydrogen) atoms. The van der Waals surface area contributed by atoms with Gasteiger partial charge < -0.3 is 20.2 Å². The highest BCUT2D eigenvalue weighted by Crippen LogP contribution is 2.31. The summed E-state index contributed by atoms with van der Waals surface area (Å²) >= 11 is 7.12. The summed E-state index contributed by atoms with van der Waals surface area (Å²) in [5.74, 6) is -1.99. The summed E-state index contributed by atoms with van der Waals surface area (Å²) in [5, 5.41) is 12.1. The largest absolute Gasteiger partial charge is 0.481 e. The number of aliphatic carboxylic acids is 1. The molecule has 170 valence electrons. The Morgan fingerprint density at radius 3 is 2.62 bits per heavy atom. The molecule has 2 aliphatic rings. The van der Waals surface area contributed by atoms with E-state index >= 15 is 0 Å². The van der Waals surface area contributed by atoms with Gasteiger partial charge in [-0.05, 0) is 61.7 Å². The van der Waals surface area contributed by atoms with E-state index in [1.54, 1.807) is 17.0 Å². The van der Waals surface area contributed by atoms with E-state index in [-0.39, 0.29) is 24.7 Å². The van der Waals surface area contributed by atoms with Gasteiger partial charge in [-0.25, -0.2) is 0 Å². The lowest BCUT2D eigenvalue weighted by Gasteiger charge is -2.19. The van der Waals surface area contributed by atoms with Crippen LogP contribution in [0.25, 0.3) is 0 Å². The predicted octanol–water partition coefficient (Wildman–Crippen LogP) is 3.06. The van der Waals surface area contributed by atoms with Gasteiger partial charge in [-0.3, -0.25) is 14.4 Å². The Morgan fingerprint density at radius 2 is 1.94 bits per heavy atom. The third kappa shape index (κ3) is 4.98. The monoisotopic (exact) mass is 475 g/mol. The topological polar surface area (TPSA) is 89.9 Å². The minimum absolute atomic E-state index is 0.127. The number of fused-ring (bicyclic) bond motifs is 1. The molecule has 2 amide bonds. The van der Waals surface area contributed by atoms with E-state index < -0.39 is 17.9 Å². The number of rotatable bonds is 6. The second kappa shape index (κ2) is 9.60. The highest BCUT2D eigenvalue weighted by molar-refractivity contribution is 7.18. The molecule has 9 heteroatoms. The number of carboxylic acids is 1. The van der Waals surface area contributed by atoms with Gasteiger partial charge in [0.25, 0.3) is 5.91 Å². The fourth-order valence-electron chi connectivity index (χ4n) is 4.44. The molecule has 0 spiro atoms. The number of hydrogen-bond donors (Lipinski definition) is 2. The number of thiophene rings is 1. The average molecular weight is 476 g/mol. The highest BCUT2D eigenvalue weighted by Gasteiger charge is 2.42. The third-order valence-corrected chi connectivity index (χ3v) is 7.49. The van der Waals surface area contributed by atoms with Crippen molar-refractivity contribution in [3.63, 3.8) is 0 Å². The molecule has 4 rings (SSSR count). The number of nitrogens with zero attached hydrogens (tertiary/aromatic N) is 2. The molecule has 2 atom stereocenters. The van der Waals surface area contributed by atoms with Crippen molar-refractivity contribution in [2.24, 2.45) is 5.92 Å². The van der Waals surface area contributed by atoms with Crippen molar-refractivity contribution in [1.82, 2.24) is 10.2 Å². The van der Waals surface area contributed by atoms with Gasteiger partial charge >= 0.3 is 5.97 Å². The van der Waals surface area contributed by atoms with E-state index in [0.717, 1.165) is 31.6 Å². The molecule has 0 saturated carbocycles. The molecule has 1 unspecified atom stereocenters. The number of amides is 2. The van der Waals surface area contributed by atoms with Crippen LogP contribution < -0.4 is 10.2 Å². The highest BCUT2D eigenvalue weighted by atomic mass is 35.5. The summed E-state index contributed by atoms with van der Waals surface area (Å²) < 4.78 is 0.511. The molecular weight excluding hydrogens is 450 g/mol. The standard InChI is InChI=1S/C23H26ClN3O4S/c1-26-10-8-14-2-3-16(12-15(14)9-11-26)27-13-18(17(23(27)31)4-7-21(28)29)25-22(30)19-5-6-20(24)32-19/h2-3,5-6,12,17-18H,4,7-11,13H2,1H3,(H,25,30)(H,28,29)/t17-,18?/m1/s1. The summed E-state index contributed by atoms with van der Waals surface area (Å²) in [6.45, 7) is 2.29.